The number of nitrogens with one attached hydrogen (secondary N) is 1. The van der Waals surface area contributed by atoms with Crippen LogP contribution in [0.1, 0.15) is 38.2 Å². The molecule has 0 heterocycles. The average molecular weight is 302 g/mol. The molecule has 1 aliphatic carbocycles. The van der Waals surface area contributed by atoms with Gasteiger partial charge in [-0.05, 0) is 50.8 Å². The fourth-order valence-corrected chi connectivity index (χ4v) is 3.16. The van der Waals surface area contributed by atoms with E-state index in [1.54, 1.807) is 6.07 Å². The first-order chi connectivity index (χ1) is 9.10. The Labute approximate surface area is 125 Å². The van der Waals surface area contributed by atoms with Crippen LogP contribution in [0.3, 0.4) is 0 Å². The molecule has 106 valence electrons. The van der Waals surface area contributed by atoms with Crippen molar-refractivity contribution in [3.05, 3.63) is 27.7 Å². The van der Waals surface area contributed by atoms with E-state index in [0.29, 0.717) is 16.6 Å². The summed E-state index contributed by atoms with van der Waals surface area (Å²) in [6.07, 6.45) is 4.97. The smallest absolute Gasteiger partial charge is 0.142 e. The van der Waals surface area contributed by atoms with Crippen molar-refractivity contribution in [2.75, 3.05) is 7.05 Å². The first-order valence-electron chi connectivity index (χ1n) is 6.89. The molecule has 0 radical (unpaired) electrons. The van der Waals surface area contributed by atoms with Crippen molar-refractivity contribution in [2.24, 2.45) is 5.92 Å². The Morgan fingerprint density at radius 3 is 2.53 bits per heavy atom. The van der Waals surface area contributed by atoms with Crippen LogP contribution in [0.2, 0.25) is 10.0 Å². The van der Waals surface area contributed by atoms with Crippen molar-refractivity contribution in [1.82, 2.24) is 5.32 Å². The average Bonchev–Trinajstić information content (AvgIpc) is 2.36. The molecule has 1 saturated carbocycles. The second kappa shape index (κ2) is 6.83. The number of rotatable bonds is 4. The Balaban J connectivity index is 2.14. The van der Waals surface area contributed by atoms with E-state index in [0.717, 1.165) is 30.1 Å². The van der Waals surface area contributed by atoms with E-state index >= 15 is 0 Å². The lowest BCUT2D eigenvalue weighted by molar-refractivity contribution is 0.134. The van der Waals surface area contributed by atoms with Gasteiger partial charge in [0, 0.05) is 17.1 Å². The molecule has 1 aromatic rings. The summed E-state index contributed by atoms with van der Waals surface area (Å²) < 4.78 is 6.14. The molecule has 1 aliphatic rings. The predicted octanol–water partition coefficient (Wildman–Crippen LogP) is 4.67. The van der Waals surface area contributed by atoms with Gasteiger partial charge in [-0.2, -0.15) is 0 Å². The van der Waals surface area contributed by atoms with Crippen molar-refractivity contribution in [3.63, 3.8) is 0 Å². The zero-order valence-corrected chi connectivity index (χ0v) is 13.0. The third kappa shape index (κ3) is 4.01. The summed E-state index contributed by atoms with van der Waals surface area (Å²) in [5.74, 6) is 1.61. The van der Waals surface area contributed by atoms with Gasteiger partial charge in [-0.25, -0.2) is 0 Å². The molecule has 0 spiro atoms. The SMILES string of the molecule is CNCc1cc(Cl)cc(Cl)c1OC1CCC(C)CC1. The van der Waals surface area contributed by atoms with Gasteiger partial charge in [0.25, 0.3) is 0 Å². The lowest BCUT2D eigenvalue weighted by Gasteiger charge is -2.28. The highest BCUT2D eigenvalue weighted by molar-refractivity contribution is 6.35. The van der Waals surface area contributed by atoms with Crippen LogP contribution in [0.5, 0.6) is 5.75 Å². The third-order valence-electron chi connectivity index (χ3n) is 3.70. The normalized spacial score (nSPS) is 23.4. The standard InChI is InChI=1S/C15H21Cl2NO/c1-10-3-5-13(6-4-10)19-15-11(9-18-2)7-12(16)8-14(15)17/h7-8,10,13,18H,3-6,9H2,1-2H3. The molecule has 0 atom stereocenters. The van der Waals surface area contributed by atoms with E-state index < -0.39 is 0 Å². The first kappa shape index (κ1) is 15.0. The van der Waals surface area contributed by atoms with Gasteiger partial charge in [-0.1, -0.05) is 30.1 Å². The van der Waals surface area contributed by atoms with E-state index in [4.69, 9.17) is 27.9 Å². The summed E-state index contributed by atoms with van der Waals surface area (Å²) in [5, 5.41) is 4.39. The Morgan fingerprint density at radius 2 is 1.89 bits per heavy atom. The second-order valence-electron chi connectivity index (χ2n) is 5.41. The molecule has 0 unspecified atom stereocenters. The minimum Gasteiger partial charge on any atom is -0.489 e. The quantitative estimate of drug-likeness (QED) is 0.872. The molecule has 1 N–H and O–H groups in total. The van der Waals surface area contributed by atoms with E-state index in [2.05, 4.69) is 12.2 Å². The van der Waals surface area contributed by atoms with Gasteiger partial charge in [0.15, 0.2) is 0 Å². The minimum absolute atomic E-state index is 0.283. The zero-order valence-electron chi connectivity index (χ0n) is 11.5. The summed E-state index contributed by atoms with van der Waals surface area (Å²) in [6, 6.07) is 3.67. The van der Waals surface area contributed by atoms with Crippen molar-refractivity contribution in [3.8, 4) is 5.75 Å². The molecule has 0 aromatic heterocycles. The Kier molecular flexibility index (Phi) is 5.37. The number of hydrogen-bond donors (Lipinski definition) is 1. The van der Waals surface area contributed by atoms with Crippen molar-refractivity contribution in [2.45, 2.75) is 45.3 Å². The zero-order chi connectivity index (χ0) is 13.8. The molecular weight excluding hydrogens is 281 g/mol. The summed E-state index contributed by atoms with van der Waals surface area (Å²) in [4.78, 5) is 0. The van der Waals surface area contributed by atoms with Gasteiger partial charge >= 0.3 is 0 Å². The van der Waals surface area contributed by atoms with Gasteiger partial charge < -0.3 is 10.1 Å². The summed E-state index contributed by atoms with van der Waals surface area (Å²) in [7, 11) is 1.90. The monoisotopic (exact) mass is 301 g/mol. The molecule has 0 amide bonds. The predicted molar refractivity (Wildman–Crippen MR) is 81.3 cm³/mol. The molecule has 0 bridgehead atoms. The van der Waals surface area contributed by atoms with E-state index in [1.165, 1.54) is 12.8 Å². The Hall–Kier alpha value is -0.440. The van der Waals surface area contributed by atoms with Gasteiger partial charge in [0.2, 0.25) is 0 Å². The third-order valence-corrected chi connectivity index (χ3v) is 4.20. The largest absolute Gasteiger partial charge is 0.489 e. The van der Waals surface area contributed by atoms with Crippen LogP contribution in [0.4, 0.5) is 0 Å². The number of ether oxygens (including phenoxy) is 1. The molecule has 0 aliphatic heterocycles. The lowest BCUT2D eigenvalue weighted by atomic mass is 9.89. The maximum Gasteiger partial charge on any atom is 0.142 e. The highest BCUT2D eigenvalue weighted by Gasteiger charge is 2.21. The molecule has 1 aromatic carbocycles. The summed E-state index contributed by atoms with van der Waals surface area (Å²) >= 11 is 12.3. The van der Waals surface area contributed by atoms with E-state index in [-0.39, 0.29) is 6.10 Å². The number of hydrogen-bond acceptors (Lipinski definition) is 2. The van der Waals surface area contributed by atoms with E-state index in [9.17, 15) is 0 Å². The van der Waals surface area contributed by atoms with Crippen LogP contribution in [0, 0.1) is 5.92 Å². The van der Waals surface area contributed by atoms with Gasteiger partial charge in [-0.3, -0.25) is 0 Å². The van der Waals surface area contributed by atoms with Crippen LogP contribution in [-0.4, -0.2) is 13.2 Å². The van der Waals surface area contributed by atoms with Crippen LogP contribution in [-0.2, 0) is 6.54 Å². The Morgan fingerprint density at radius 1 is 1.21 bits per heavy atom. The van der Waals surface area contributed by atoms with Gasteiger partial charge in [-0.15, -0.1) is 0 Å². The highest BCUT2D eigenvalue weighted by atomic mass is 35.5. The van der Waals surface area contributed by atoms with Gasteiger partial charge in [0.1, 0.15) is 5.75 Å². The van der Waals surface area contributed by atoms with Crippen molar-refractivity contribution >= 4 is 23.2 Å². The van der Waals surface area contributed by atoms with Gasteiger partial charge in [0.05, 0.1) is 11.1 Å². The fraction of sp³-hybridized carbons (Fsp3) is 0.600. The maximum atomic E-state index is 6.28. The van der Waals surface area contributed by atoms with E-state index in [1.807, 2.05) is 13.1 Å². The first-order valence-corrected chi connectivity index (χ1v) is 7.65. The summed E-state index contributed by atoms with van der Waals surface area (Å²) in [5.41, 5.74) is 1.03. The van der Waals surface area contributed by atoms with Crippen LogP contribution < -0.4 is 10.1 Å². The highest BCUT2D eigenvalue weighted by Crippen LogP contribution is 2.35. The lowest BCUT2D eigenvalue weighted by Crippen LogP contribution is -2.24. The van der Waals surface area contributed by atoms with Crippen LogP contribution in [0.25, 0.3) is 0 Å². The molecule has 19 heavy (non-hydrogen) atoms. The summed E-state index contributed by atoms with van der Waals surface area (Å²) in [6.45, 7) is 3.01. The number of benzene rings is 1. The fourth-order valence-electron chi connectivity index (χ4n) is 2.58. The second-order valence-corrected chi connectivity index (χ2v) is 6.25. The van der Waals surface area contributed by atoms with Crippen LogP contribution in [0.15, 0.2) is 12.1 Å². The van der Waals surface area contributed by atoms with Crippen molar-refractivity contribution < 1.29 is 4.74 Å². The minimum atomic E-state index is 0.283. The molecular formula is C15H21Cl2NO. The molecule has 0 saturated heterocycles. The maximum absolute atomic E-state index is 6.28. The Bertz CT molecular complexity index is 428. The molecule has 4 heteroatoms. The van der Waals surface area contributed by atoms with Crippen LogP contribution >= 0.6 is 23.2 Å². The topological polar surface area (TPSA) is 21.3 Å². The van der Waals surface area contributed by atoms with Crippen molar-refractivity contribution in [1.29, 1.82) is 0 Å². The molecule has 2 nitrogen and oxygen atoms in total. The molecule has 2 rings (SSSR count). The number of halogens is 2. The molecule has 1 fully saturated rings.